The first-order valence-corrected chi connectivity index (χ1v) is 7.73. The van der Waals surface area contributed by atoms with Crippen molar-refractivity contribution >= 4 is 23.4 Å². The van der Waals surface area contributed by atoms with Gasteiger partial charge in [0.1, 0.15) is 5.88 Å². The van der Waals surface area contributed by atoms with Crippen molar-refractivity contribution in [3.63, 3.8) is 0 Å². The van der Waals surface area contributed by atoms with Crippen LogP contribution in [0.3, 0.4) is 0 Å². The van der Waals surface area contributed by atoms with Crippen LogP contribution in [0.25, 0.3) is 0 Å². The molecule has 1 aliphatic rings. The molecule has 0 spiro atoms. The van der Waals surface area contributed by atoms with Gasteiger partial charge in [-0.1, -0.05) is 37.6 Å². The normalized spacial score (nSPS) is 22.4. The van der Waals surface area contributed by atoms with Crippen LogP contribution < -0.4 is 0 Å². The van der Waals surface area contributed by atoms with Crippen LogP contribution in [-0.4, -0.2) is 35.4 Å². The molecule has 0 saturated carbocycles. The third kappa shape index (κ3) is 4.55. The molecule has 0 heterocycles. The van der Waals surface area contributed by atoms with E-state index in [4.69, 9.17) is 21.4 Å². The number of alkyl halides is 1. The fourth-order valence-electron chi connectivity index (χ4n) is 2.61. The van der Waals surface area contributed by atoms with E-state index in [2.05, 4.69) is 0 Å². The molecule has 122 valence electrons. The van der Waals surface area contributed by atoms with Crippen LogP contribution in [0, 0.1) is 5.41 Å². The molecule has 1 rings (SSSR count). The lowest BCUT2D eigenvalue weighted by atomic mass is 9.71. The minimum atomic E-state index is -0.771. The highest BCUT2D eigenvalue weighted by atomic mass is 35.5. The van der Waals surface area contributed by atoms with E-state index < -0.39 is 12.1 Å². The Morgan fingerprint density at radius 1 is 1.50 bits per heavy atom. The minimum Gasteiger partial charge on any atom is -0.453 e. The molecule has 0 aliphatic heterocycles. The second-order valence-electron chi connectivity index (χ2n) is 6.07. The number of halogens is 1. The number of carbonyl (C=O) groups excluding carboxylic acids is 2. The van der Waals surface area contributed by atoms with E-state index in [9.17, 15) is 9.59 Å². The molecular formula is C17H23ClO4. The quantitative estimate of drug-likeness (QED) is 0.479. The molecule has 0 radical (unpaired) electrons. The van der Waals surface area contributed by atoms with Crippen molar-refractivity contribution in [3.8, 4) is 0 Å². The molecule has 5 heteroatoms. The highest BCUT2D eigenvalue weighted by molar-refractivity contribution is 6.26. The maximum atomic E-state index is 12.4. The van der Waals surface area contributed by atoms with Gasteiger partial charge in [0, 0.05) is 6.42 Å². The Bertz CT molecular complexity index is 541. The molecule has 1 atom stereocenters. The molecule has 0 aromatic rings. The smallest absolute Gasteiger partial charge is 0.321 e. The average Bonchev–Trinajstić information content (AvgIpc) is 2.44. The average molecular weight is 327 g/mol. The lowest BCUT2D eigenvalue weighted by molar-refractivity contribution is -0.153. The number of hydrogen-bond acceptors (Lipinski definition) is 4. The first-order chi connectivity index (χ1) is 10.2. The maximum absolute atomic E-state index is 12.4. The largest absolute Gasteiger partial charge is 0.453 e. The summed E-state index contributed by atoms with van der Waals surface area (Å²) < 4.78 is 5.15. The lowest BCUT2D eigenvalue weighted by Gasteiger charge is -2.36. The number of aliphatic hydroxyl groups excluding tert-OH is 1. The van der Waals surface area contributed by atoms with Gasteiger partial charge in [-0.05, 0) is 30.4 Å². The number of allylic oxidation sites excluding steroid dienone is 4. The second-order valence-corrected chi connectivity index (χ2v) is 6.33. The van der Waals surface area contributed by atoms with Crippen LogP contribution in [0.5, 0.6) is 0 Å². The van der Waals surface area contributed by atoms with Crippen LogP contribution in [0.15, 0.2) is 34.9 Å². The summed E-state index contributed by atoms with van der Waals surface area (Å²) in [6.07, 6.45) is 5.11. The monoisotopic (exact) mass is 326 g/mol. The topological polar surface area (TPSA) is 63.6 Å². The van der Waals surface area contributed by atoms with Gasteiger partial charge in [0.2, 0.25) is 0 Å². The molecule has 0 fully saturated rings. The summed E-state index contributed by atoms with van der Waals surface area (Å²) in [5.41, 5.74) is 2.13. The van der Waals surface area contributed by atoms with Crippen molar-refractivity contribution in [1.29, 1.82) is 0 Å². The molecule has 0 aromatic heterocycles. The van der Waals surface area contributed by atoms with E-state index >= 15 is 0 Å². The Hall–Kier alpha value is -1.39. The third-order valence-electron chi connectivity index (χ3n) is 3.80. The number of Topliss-reactive ketones (excluding diaryl/α,β-unsaturated/α-hetero) is 1. The SMILES string of the molecule is CC1=C(/C=C/C(C)=C/CO)C(C)(C)CC(OC(=O)CCl)C1=O. The summed E-state index contributed by atoms with van der Waals surface area (Å²) in [6.45, 7) is 7.62. The van der Waals surface area contributed by atoms with Crippen molar-refractivity contribution in [1.82, 2.24) is 0 Å². The number of aliphatic hydroxyl groups is 1. The van der Waals surface area contributed by atoms with E-state index in [1.165, 1.54) is 0 Å². The molecule has 0 amide bonds. The van der Waals surface area contributed by atoms with Gasteiger partial charge in [0.05, 0.1) is 6.61 Å². The maximum Gasteiger partial charge on any atom is 0.321 e. The van der Waals surface area contributed by atoms with Crippen molar-refractivity contribution in [2.75, 3.05) is 12.5 Å². The second kappa shape index (κ2) is 7.75. The molecule has 1 N–H and O–H groups in total. The Morgan fingerprint density at radius 2 is 2.14 bits per heavy atom. The zero-order chi connectivity index (χ0) is 16.9. The zero-order valence-electron chi connectivity index (χ0n) is 13.5. The van der Waals surface area contributed by atoms with Crippen molar-refractivity contribution < 1.29 is 19.4 Å². The van der Waals surface area contributed by atoms with Gasteiger partial charge in [0.15, 0.2) is 11.9 Å². The van der Waals surface area contributed by atoms with E-state index in [0.29, 0.717) is 12.0 Å². The molecule has 0 aromatic carbocycles. The van der Waals surface area contributed by atoms with Crippen LogP contribution in [0.1, 0.15) is 34.1 Å². The van der Waals surface area contributed by atoms with Gasteiger partial charge in [0.25, 0.3) is 0 Å². The first-order valence-electron chi connectivity index (χ1n) is 7.19. The number of esters is 1. The third-order valence-corrected chi connectivity index (χ3v) is 4.02. The van der Waals surface area contributed by atoms with Crippen molar-refractivity contribution in [2.45, 2.75) is 40.2 Å². The highest BCUT2D eigenvalue weighted by Crippen LogP contribution is 2.40. The molecular weight excluding hydrogens is 304 g/mol. The van der Waals surface area contributed by atoms with E-state index in [0.717, 1.165) is 11.1 Å². The van der Waals surface area contributed by atoms with Crippen molar-refractivity contribution in [3.05, 3.63) is 34.9 Å². The van der Waals surface area contributed by atoms with Crippen LogP contribution in [-0.2, 0) is 14.3 Å². The molecule has 22 heavy (non-hydrogen) atoms. The van der Waals surface area contributed by atoms with Crippen molar-refractivity contribution in [2.24, 2.45) is 5.41 Å². The van der Waals surface area contributed by atoms with E-state index in [1.54, 1.807) is 13.0 Å². The van der Waals surface area contributed by atoms with Gasteiger partial charge in [-0.15, -0.1) is 11.6 Å². The molecule has 0 bridgehead atoms. The van der Waals surface area contributed by atoms with Gasteiger partial charge in [-0.2, -0.15) is 0 Å². The summed E-state index contributed by atoms with van der Waals surface area (Å²) in [5, 5.41) is 8.88. The van der Waals surface area contributed by atoms with Gasteiger partial charge in [-0.25, -0.2) is 0 Å². The Balaban J connectivity index is 3.09. The number of ketones is 1. The Kier molecular flexibility index (Phi) is 6.57. The Labute approximate surface area is 136 Å². The van der Waals surface area contributed by atoms with Crippen LogP contribution in [0.2, 0.25) is 0 Å². The van der Waals surface area contributed by atoms with E-state index in [1.807, 2.05) is 32.9 Å². The van der Waals surface area contributed by atoms with Gasteiger partial charge >= 0.3 is 5.97 Å². The van der Waals surface area contributed by atoms with Gasteiger partial charge in [-0.3, -0.25) is 9.59 Å². The van der Waals surface area contributed by atoms with Crippen LogP contribution >= 0.6 is 11.6 Å². The Morgan fingerprint density at radius 3 is 2.68 bits per heavy atom. The predicted octanol–water partition coefficient (Wildman–Crippen LogP) is 2.95. The standard InChI is InChI=1S/C17H23ClO4/c1-11(7-8-19)5-6-13-12(2)16(21)14(9-17(13,3)4)22-15(20)10-18/h5-7,14,19H,8-10H2,1-4H3/b6-5+,11-7+. The molecule has 1 aliphatic carbocycles. The number of hydrogen-bond donors (Lipinski definition) is 1. The number of ether oxygens (including phenoxy) is 1. The summed E-state index contributed by atoms with van der Waals surface area (Å²) >= 11 is 5.43. The zero-order valence-corrected chi connectivity index (χ0v) is 14.2. The summed E-state index contributed by atoms with van der Waals surface area (Å²) in [6, 6.07) is 0. The highest BCUT2D eigenvalue weighted by Gasteiger charge is 2.39. The fraction of sp³-hybridized carbons (Fsp3) is 0.529. The minimum absolute atomic E-state index is 0.0209. The summed E-state index contributed by atoms with van der Waals surface area (Å²) in [5.74, 6) is -1.02. The molecule has 1 unspecified atom stereocenters. The number of rotatable bonds is 5. The van der Waals surface area contributed by atoms with Crippen LogP contribution in [0.4, 0.5) is 0 Å². The fourth-order valence-corrected chi connectivity index (χ4v) is 2.67. The van der Waals surface area contributed by atoms with E-state index in [-0.39, 0.29) is 23.7 Å². The predicted molar refractivity (Wildman–Crippen MR) is 86.7 cm³/mol. The first kappa shape index (κ1) is 18.7. The number of carbonyl (C=O) groups is 2. The summed E-state index contributed by atoms with van der Waals surface area (Å²) in [7, 11) is 0. The lowest BCUT2D eigenvalue weighted by Crippen LogP contribution is -2.39. The summed E-state index contributed by atoms with van der Waals surface area (Å²) in [4.78, 5) is 23.7. The molecule has 4 nitrogen and oxygen atoms in total. The molecule has 0 saturated heterocycles. The van der Waals surface area contributed by atoms with Gasteiger partial charge < -0.3 is 9.84 Å².